The molecule has 0 spiro atoms. The molecule has 0 aliphatic carbocycles. The number of amides is 3. The van der Waals surface area contributed by atoms with Crippen molar-refractivity contribution in [1.29, 1.82) is 0 Å². The average molecular weight is 458 g/mol. The van der Waals surface area contributed by atoms with Gasteiger partial charge in [-0.05, 0) is 56.4 Å². The van der Waals surface area contributed by atoms with Gasteiger partial charge < -0.3 is 26.0 Å². The van der Waals surface area contributed by atoms with Crippen molar-refractivity contribution in [2.45, 2.75) is 19.1 Å². The topological polar surface area (TPSA) is 143 Å². The molecule has 2 rings (SSSR count). The van der Waals surface area contributed by atoms with Gasteiger partial charge in [0.25, 0.3) is 11.8 Å². The van der Waals surface area contributed by atoms with Crippen molar-refractivity contribution in [1.82, 2.24) is 21.0 Å². The van der Waals surface area contributed by atoms with Crippen LogP contribution in [0.5, 0.6) is 0 Å². The van der Waals surface area contributed by atoms with Crippen molar-refractivity contribution in [3.8, 4) is 11.1 Å². The van der Waals surface area contributed by atoms with Crippen LogP contribution in [0, 0.1) is 0 Å². The quantitative estimate of drug-likeness (QED) is 0.163. The van der Waals surface area contributed by atoms with Gasteiger partial charge in [-0.2, -0.15) is 0 Å². The van der Waals surface area contributed by atoms with E-state index in [2.05, 4.69) is 16.0 Å². The Kier molecular flexibility index (Phi) is 9.95. The molecule has 0 aromatic heterocycles. The number of hydrogen-bond donors (Lipinski definition) is 6. The zero-order valence-corrected chi connectivity index (χ0v) is 19.0. The number of aliphatic hydroxyl groups excluding tert-OH is 1. The summed E-state index contributed by atoms with van der Waals surface area (Å²) in [6.45, 7) is 3.13. The Labute approximate surface area is 192 Å². The van der Waals surface area contributed by atoms with Gasteiger partial charge in [0.2, 0.25) is 5.91 Å². The fraction of sp³-hybridized carbons (Fsp3) is 0.348. The lowest BCUT2D eigenvalue weighted by atomic mass is 10.0. The first-order chi connectivity index (χ1) is 15.7. The molecule has 3 amide bonds. The van der Waals surface area contributed by atoms with Gasteiger partial charge in [0.05, 0.1) is 12.6 Å². The Balaban J connectivity index is 1.94. The van der Waals surface area contributed by atoms with Gasteiger partial charge in [-0.1, -0.05) is 24.3 Å². The highest BCUT2D eigenvalue weighted by molar-refractivity contribution is 5.98. The summed E-state index contributed by atoms with van der Waals surface area (Å²) < 4.78 is 0. The average Bonchev–Trinajstić information content (AvgIpc) is 2.80. The number of hydroxylamine groups is 1. The smallest absolute Gasteiger partial charge is 0.268 e. The van der Waals surface area contributed by atoms with Gasteiger partial charge in [-0.25, -0.2) is 5.48 Å². The van der Waals surface area contributed by atoms with Gasteiger partial charge in [0.15, 0.2) is 0 Å². The second-order valence-corrected chi connectivity index (χ2v) is 7.85. The molecule has 0 fully saturated rings. The first-order valence-corrected chi connectivity index (χ1v) is 10.5. The van der Waals surface area contributed by atoms with Gasteiger partial charge in [-0.3, -0.25) is 19.6 Å². The van der Waals surface area contributed by atoms with E-state index in [0.29, 0.717) is 11.3 Å². The van der Waals surface area contributed by atoms with Crippen LogP contribution in [-0.4, -0.2) is 78.8 Å². The molecule has 2 aromatic rings. The number of carbonyl (C=O) groups excluding carboxylic acids is 3. The molecule has 10 nitrogen and oxygen atoms in total. The maximum atomic E-state index is 12.4. The molecule has 0 saturated carbocycles. The number of anilines is 1. The number of aliphatic hydroxyl groups is 1. The molecule has 0 saturated heterocycles. The van der Waals surface area contributed by atoms with Gasteiger partial charge in [-0.15, -0.1) is 0 Å². The van der Waals surface area contributed by atoms with E-state index in [0.717, 1.165) is 24.2 Å². The van der Waals surface area contributed by atoms with E-state index in [4.69, 9.17) is 5.21 Å². The number of hydrogen-bond acceptors (Lipinski definition) is 7. The summed E-state index contributed by atoms with van der Waals surface area (Å²) in [7, 11) is 3.94. The summed E-state index contributed by atoms with van der Waals surface area (Å²) >= 11 is 0. The molecule has 6 N–H and O–H groups in total. The van der Waals surface area contributed by atoms with Crippen LogP contribution in [0.1, 0.15) is 17.3 Å². The number of nitrogens with one attached hydrogen (secondary N) is 4. The van der Waals surface area contributed by atoms with Crippen LogP contribution in [0.4, 0.5) is 5.69 Å². The number of benzene rings is 2. The molecular weight excluding hydrogens is 426 g/mol. The molecule has 0 radical (unpaired) electrons. The molecule has 0 bridgehead atoms. The summed E-state index contributed by atoms with van der Waals surface area (Å²) in [4.78, 5) is 38.0. The van der Waals surface area contributed by atoms with E-state index >= 15 is 0 Å². The molecular formula is C23H31N5O5. The zero-order valence-electron chi connectivity index (χ0n) is 19.0. The van der Waals surface area contributed by atoms with Crippen molar-refractivity contribution >= 4 is 23.4 Å². The molecule has 178 valence electrons. The maximum absolute atomic E-state index is 12.4. The highest BCUT2D eigenvalue weighted by Gasteiger charge is 2.25. The Hall–Kier alpha value is -3.31. The first kappa shape index (κ1) is 25.9. The molecule has 0 heterocycles. The lowest BCUT2D eigenvalue weighted by Crippen LogP contribution is -2.51. The van der Waals surface area contributed by atoms with Gasteiger partial charge in [0.1, 0.15) is 6.04 Å². The van der Waals surface area contributed by atoms with Crippen molar-refractivity contribution in [2.24, 2.45) is 0 Å². The Bertz CT molecular complexity index is 929. The SMILES string of the molecule is C[C@@H](O)[C@H](NC(=O)c1ccc(-c2ccc(NC(=O)CNCCN(C)C)cc2)cc1)C(=O)NO. The van der Waals surface area contributed by atoms with E-state index in [1.807, 2.05) is 31.1 Å². The Morgan fingerprint density at radius 1 is 0.970 bits per heavy atom. The van der Waals surface area contributed by atoms with Crippen LogP contribution in [0.2, 0.25) is 0 Å². The van der Waals surface area contributed by atoms with Crippen molar-refractivity contribution in [2.75, 3.05) is 39.0 Å². The standard InChI is InChI=1S/C23H31N5O5/c1-15(29)21(23(32)27-33)26-22(31)18-6-4-16(5-7-18)17-8-10-19(11-9-17)25-20(30)14-24-12-13-28(2)3/h4-11,15,21,24,29,33H,12-14H2,1-3H3,(H,25,30)(H,26,31)(H,27,32)/t15-,21+/m1/s1. The minimum absolute atomic E-state index is 0.123. The molecule has 10 heteroatoms. The van der Waals surface area contributed by atoms with E-state index < -0.39 is 24.0 Å². The minimum atomic E-state index is -1.28. The summed E-state index contributed by atoms with van der Waals surface area (Å²) in [5.74, 6) is -1.60. The Morgan fingerprint density at radius 3 is 2.06 bits per heavy atom. The largest absolute Gasteiger partial charge is 0.391 e. The third kappa shape index (κ3) is 8.28. The third-order valence-corrected chi connectivity index (χ3v) is 4.83. The second kappa shape index (κ2) is 12.7. The molecule has 33 heavy (non-hydrogen) atoms. The van der Waals surface area contributed by atoms with Crippen molar-refractivity contribution < 1.29 is 24.7 Å². The van der Waals surface area contributed by atoms with Crippen LogP contribution in [0.25, 0.3) is 11.1 Å². The van der Waals surface area contributed by atoms with E-state index in [1.165, 1.54) is 12.4 Å². The Morgan fingerprint density at radius 2 is 1.55 bits per heavy atom. The fourth-order valence-corrected chi connectivity index (χ4v) is 2.97. The number of carbonyl (C=O) groups is 3. The summed E-state index contributed by atoms with van der Waals surface area (Å²) in [5.41, 5.74) is 4.15. The lowest BCUT2D eigenvalue weighted by molar-refractivity contribution is -0.133. The molecule has 0 aliphatic rings. The predicted octanol–water partition coefficient (Wildman–Crippen LogP) is 0.428. The monoisotopic (exact) mass is 457 g/mol. The van der Waals surface area contributed by atoms with E-state index in [9.17, 15) is 19.5 Å². The van der Waals surface area contributed by atoms with Crippen molar-refractivity contribution in [3.63, 3.8) is 0 Å². The second-order valence-electron chi connectivity index (χ2n) is 7.85. The lowest BCUT2D eigenvalue weighted by Gasteiger charge is -2.19. The summed E-state index contributed by atoms with van der Waals surface area (Å²) in [6.07, 6.45) is -1.19. The third-order valence-electron chi connectivity index (χ3n) is 4.83. The molecule has 2 atom stereocenters. The van der Waals surface area contributed by atoms with E-state index in [1.54, 1.807) is 36.4 Å². The van der Waals surface area contributed by atoms with Crippen LogP contribution < -0.4 is 21.4 Å². The summed E-state index contributed by atoms with van der Waals surface area (Å²) in [5, 5.41) is 26.7. The zero-order chi connectivity index (χ0) is 24.4. The number of nitrogens with zero attached hydrogens (tertiary/aromatic N) is 1. The number of rotatable bonds is 11. The summed E-state index contributed by atoms with van der Waals surface area (Å²) in [6, 6.07) is 12.7. The molecule has 2 aromatic carbocycles. The van der Waals surface area contributed by atoms with Crippen molar-refractivity contribution in [3.05, 3.63) is 54.1 Å². The highest BCUT2D eigenvalue weighted by atomic mass is 16.5. The molecule has 0 aliphatic heterocycles. The first-order valence-electron chi connectivity index (χ1n) is 10.5. The molecule has 0 unspecified atom stereocenters. The highest BCUT2D eigenvalue weighted by Crippen LogP contribution is 2.22. The fourth-order valence-electron chi connectivity index (χ4n) is 2.97. The maximum Gasteiger partial charge on any atom is 0.268 e. The van der Waals surface area contributed by atoms with Crippen LogP contribution in [-0.2, 0) is 9.59 Å². The van der Waals surface area contributed by atoms with Gasteiger partial charge >= 0.3 is 0 Å². The predicted molar refractivity (Wildman–Crippen MR) is 125 cm³/mol. The van der Waals surface area contributed by atoms with Crippen LogP contribution >= 0.6 is 0 Å². The van der Waals surface area contributed by atoms with Gasteiger partial charge in [0, 0.05) is 24.3 Å². The minimum Gasteiger partial charge on any atom is -0.391 e. The van der Waals surface area contributed by atoms with E-state index in [-0.39, 0.29) is 12.5 Å². The van der Waals surface area contributed by atoms with Crippen LogP contribution in [0.3, 0.4) is 0 Å². The number of likely N-dealkylation sites (N-methyl/N-ethyl adjacent to an activating group) is 1. The van der Waals surface area contributed by atoms with Crippen LogP contribution in [0.15, 0.2) is 48.5 Å². The normalized spacial score (nSPS) is 12.7.